The van der Waals surface area contributed by atoms with Crippen molar-refractivity contribution in [2.45, 2.75) is 297 Å². The van der Waals surface area contributed by atoms with Gasteiger partial charge in [0.05, 0.1) is 6.61 Å². The van der Waals surface area contributed by atoms with E-state index in [1.807, 2.05) is 0 Å². The summed E-state index contributed by atoms with van der Waals surface area (Å²) in [5.74, 6) is -0.413. The lowest BCUT2D eigenvalue weighted by Crippen LogP contribution is -2.30. The van der Waals surface area contributed by atoms with Gasteiger partial charge in [-0.2, -0.15) is 0 Å². The number of hydrogen-bond donors (Lipinski definition) is 0. The molecule has 0 aliphatic carbocycles. The fourth-order valence-electron chi connectivity index (χ4n) is 8.06. The van der Waals surface area contributed by atoms with E-state index in [2.05, 4.69) is 69.4 Å². The molecule has 0 saturated carbocycles. The van der Waals surface area contributed by atoms with Crippen molar-refractivity contribution in [3.63, 3.8) is 0 Å². The molecule has 0 rings (SSSR count). The van der Waals surface area contributed by atoms with Gasteiger partial charge in [-0.15, -0.1) is 0 Å². The van der Waals surface area contributed by atoms with E-state index < -0.39 is 6.10 Å². The fraction of sp³-hybridized carbons (Fsp3) is 0.831. The summed E-state index contributed by atoms with van der Waals surface area (Å²) >= 11 is 0. The van der Waals surface area contributed by atoms with Crippen molar-refractivity contribution in [3.05, 3.63) is 48.6 Å². The summed E-state index contributed by atoms with van der Waals surface area (Å²) in [4.78, 5) is 25.5. The molecule has 0 aromatic carbocycles. The van der Waals surface area contributed by atoms with Gasteiger partial charge in [0.25, 0.3) is 0 Å². The zero-order valence-electron chi connectivity index (χ0n) is 43.1. The van der Waals surface area contributed by atoms with E-state index >= 15 is 0 Å². The molecule has 0 bridgehead atoms. The Morgan fingerprint density at radius 1 is 0.344 bits per heavy atom. The van der Waals surface area contributed by atoms with E-state index in [4.69, 9.17) is 14.2 Å². The Balaban J connectivity index is 4.28. The average molecular weight is 898 g/mol. The lowest BCUT2D eigenvalue weighted by molar-refractivity contribution is -0.163. The second-order valence-electron chi connectivity index (χ2n) is 18.8. The van der Waals surface area contributed by atoms with Crippen molar-refractivity contribution < 1.29 is 23.8 Å². The van der Waals surface area contributed by atoms with Crippen LogP contribution in [0.2, 0.25) is 0 Å². The zero-order valence-corrected chi connectivity index (χ0v) is 43.1. The molecule has 0 saturated heterocycles. The van der Waals surface area contributed by atoms with Crippen LogP contribution in [0, 0.1) is 0 Å². The minimum atomic E-state index is -0.547. The predicted molar refractivity (Wildman–Crippen MR) is 279 cm³/mol. The van der Waals surface area contributed by atoms with Gasteiger partial charge in [0.15, 0.2) is 6.10 Å². The van der Waals surface area contributed by atoms with Crippen LogP contribution >= 0.6 is 0 Å². The van der Waals surface area contributed by atoms with Gasteiger partial charge >= 0.3 is 11.9 Å². The predicted octanol–water partition coefficient (Wildman–Crippen LogP) is 19.1. The molecule has 0 amide bonds. The Morgan fingerprint density at radius 3 is 1.08 bits per heavy atom. The van der Waals surface area contributed by atoms with Crippen molar-refractivity contribution in [2.75, 3.05) is 19.8 Å². The van der Waals surface area contributed by atoms with Crippen LogP contribution in [-0.2, 0) is 23.8 Å². The molecule has 0 aromatic heterocycles. The number of ether oxygens (including phenoxy) is 3. The van der Waals surface area contributed by atoms with Crippen LogP contribution in [0.15, 0.2) is 48.6 Å². The molecule has 374 valence electrons. The quantitative estimate of drug-likeness (QED) is 0.0346. The highest BCUT2D eigenvalue weighted by molar-refractivity contribution is 5.70. The third-order valence-electron chi connectivity index (χ3n) is 12.3. The Labute approximate surface area is 399 Å². The standard InChI is InChI=1S/C59H108O5/c1-4-7-10-13-16-19-22-25-28-29-30-33-36-39-42-45-48-51-54-62-55-57(64-59(61)53-50-47-44-41-38-35-32-27-24-21-18-15-12-9-6-3)56-63-58(60)52-49-46-43-40-37-34-31-26-23-20-17-14-11-8-5-2/h17,20,25-28,31-32,57H,4-16,18-19,21-24,29-30,33-56H2,1-3H3/b20-17-,28-25-,31-26-,32-27-. The molecule has 0 aromatic rings. The van der Waals surface area contributed by atoms with Gasteiger partial charge in [-0.1, -0.05) is 223 Å². The van der Waals surface area contributed by atoms with Crippen LogP contribution in [-0.4, -0.2) is 37.9 Å². The summed E-state index contributed by atoms with van der Waals surface area (Å²) in [6.07, 6.45) is 68.4. The number of carbonyl (C=O) groups is 2. The first-order valence-electron chi connectivity index (χ1n) is 28.2. The van der Waals surface area contributed by atoms with Gasteiger partial charge < -0.3 is 14.2 Å². The van der Waals surface area contributed by atoms with Gasteiger partial charge in [0.2, 0.25) is 0 Å². The van der Waals surface area contributed by atoms with E-state index in [0.29, 0.717) is 19.4 Å². The van der Waals surface area contributed by atoms with Crippen LogP contribution in [0.5, 0.6) is 0 Å². The summed E-state index contributed by atoms with van der Waals surface area (Å²) in [7, 11) is 0. The number of allylic oxidation sites excluding steroid dienone is 8. The largest absolute Gasteiger partial charge is 0.462 e. The van der Waals surface area contributed by atoms with Crippen LogP contribution in [0.25, 0.3) is 0 Å². The fourth-order valence-corrected chi connectivity index (χ4v) is 8.06. The summed E-state index contributed by atoms with van der Waals surface area (Å²) in [5, 5.41) is 0. The van der Waals surface area contributed by atoms with Gasteiger partial charge in [0, 0.05) is 19.4 Å². The van der Waals surface area contributed by atoms with E-state index in [1.165, 1.54) is 186 Å². The van der Waals surface area contributed by atoms with Gasteiger partial charge in [-0.3, -0.25) is 9.59 Å². The van der Waals surface area contributed by atoms with Crippen molar-refractivity contribution in [1.82, 2.24) is 0 Å². The number of hydrogen-bond acceptors (Lipinski definition) is 5. The summed E-state index contributed by atoms with van der Waals surface area (Å²) < 4.78 is 17.4. The first-order valence-corrected chi connectivity index (χ1v) is 28.2. The molecule has 1 atom stereocenters. The number of carbonyl (C=O) groups excluding carboxylic acids is 2. The lowest BCUT2D eigenvalue weighted by atomic mass is 10.1. The Morgan fingerprint density at radius 2 is 0.656 bits per heavy atom. The highest BCUT2D eigenvalue weighted by Gasteiger charge is 2.17. The van der Waals surface area contributed by atoms with Crippen molar-refractivity contribution >= 4 is 11.9 Å². The van der Waals surface area contributed by atoms with Crippen LogP contribution in [0.3, 0.4) is 0 Å². The molecule has 0 aliphatic heterocycles. The molecule has 0 aliphatic rings. The number of esters is 2. The van der Waals surface area contributed by atoms with Crippen molar-refractivity contribution in [1.29, 1.82) is 0 Å². The molecule has 64 heavy (non-hydrogen) atoms. The van der Waals surface area contributed by atoms with Crippen LogP contribution in [0.4, 0.5) is 0 Å². The summed E-state index contributed by atoms with van der Waals surface area (Å²) in [6.45, 7) is 7.80. The third kappa shape index (κ3) is 52.5. The van der Waals surface area contributed by atoms with Gasteiger partial charge in [-0.25, -0.2) is 0 Å². The lowest BCUT2D eigenvalue weighted by Gasteiger charge is -2.18. The molecule has 0 radical (unpaired) electrons. The minimum absolute atomic E-state index is 0.0755. The van der Waals surface area contributed by atoms with E-state index in [0.717, 1.165) is 70.6 Å². The Kier molecular flexibility index (Phi) is 53.3. The highest BCUT2D eigenvalue weighted by Crippen LogP contribution is 2.15. The molecular weight excluding hydrogens is 789 g/mol. The zero-order chi connectivity index (χ0) is 46.3. The molecule has 0 spiro atoms. The Bertz CT molecular complexity index is 1060. The van der Waals surface area contributed by atoms with Crippen LogP contribution < -0.4 is 0 Å². The second-order valence-corrected chi connectivity index (χ2v) is 18.8. The minimum Gasteiger partial charge on any atom is -0.462 e. The first kappa shape index (κ1) is 61.9. The maximum atomic E-state index is 12.8. The molecule has 5 nitrogen and oxygen atoms in total. The number of unbranched alkanes of at least 4 members (excludes halogenated alkanes) is 33. The molecule has 0 fully saturated rings. The first-order chi connectivity index (χ1) is 31.6. The van der Waals surface area contributed by atoms with E-state index in [-0.39, 0.29) is 25.2 Å². The smallest absolute Gasteiger partial charge is 0.306 e. The third-order valence-corrected chi connectivity index (χ3v) is 12.3. The highest BCUT2D eigenvalue weighted by atomic mass is 16.6. The maximum absolute atomic E-state index is 12.8. The van der Waals surface area contributed by atoms with Crippen molar-refractivity contribution in [3.8, 4) is 0 Å². The maximum Gasteiger partial charge on any atom is 0.306 e. The average Bonchev–Trinajstić information content (AvgIpc) is 3.30. The molecule has 5 heteroatoms. The van der Waals surface area contributed by atoms with E-state index in [1.54, 1.807) is 0 Å². The molecule has 0 N–H and O–H groups in total. The summed E-state index contributed by atoms with van der Waals surface area (Å²) in [5.41, 5.74) is 0. The van der Waals surface area contributed by atoms with Gasteiger partial charge in [-0.05, 0) is 103 Å². The molecule has 0 heterocycles. The van der Waals surface area contributed by atoms with Crippen LogP contribution in [0.1, 0.15) is 290 Å². The molecular formula is C59H108O5. The Hall–Kier alpha value is -2.14. The van der Waals surface area contributed by atoms with Gasteiger partial charge in [0.1, 0.15) is 6.61 Å². The number of rotatable bonds is 52. The summed E-state index contributed by atoms with van der Waals surface area (Å²) in [6, 6.07) is 0. The van der Waals surface area contributed by atoms with Crippen molar-refractivity contribution in [2.24, 2.45) is 0 Å². The normalized spacial score (nSPS) is 12.5. The SMILES string of the molecule is CCCCC/C=C\C/C=C\CCCCCCCC(=O)OCC(COCCCCCCCCCC/C=C\CCCCCCCC)OC(=O)CCCCCCC/C=C\CCCCCCCC. The van der Waals surface area contributed by atoms with E-state index in [9.17, 15) is 9.59 Å². The topological polar surface area (TPSA) is 61.8 Å². The molecule has 1 unspecified atom stereocenters. The monoisotopic (exact) mass is 897 g/mol. The second kappa shape index (κ2) is 55.2.